The van der Waals surface area contributed by atoms with E-state index in [1.807, 2.05) is 13.0 Å². The third-order valence-electron chi connectivity index (χ3n) is 8.54. The van der Waals surface area contributed by atoms with Crippen LogP contribution in [0.15, 0.2) is 36.5 Å². The van der Waals surface area contributed by atoms with Gasteiger partial charge in [0.25, 0.3) is 0 Å². The van der Waals surface area contributed by atoms with Crippen molar-refractivity contribution in [2.24, 2.45) is 28.6 Å². The highest BCUT2D eigenvalue weighted by Gasteiger charge is 2.58. The lowest BCUT2D eigenvalue weighted by molar-refractivity contribution is -0.145. The topological polar surface area (TPSA) is 53.0 Å². The van der Waals surface area contributed by atoms with Gasteiger partial charge in [0, 0.05) is 11.8 Å². The number of aliphatic hydroxyl groups is 2. The van der Waals surface area contributed by atoms with E-state index in [9.17, 15) is 10.2 Å². The van der Waals surface area contributed by atoms with Crippen LogP contribution in [0.3, 0.4) is 0 Å². The Hall–Kier alpha value is -0.900. The molecule has 156 valence electrons. The minimum atomic E-state index is -1.00. The molecule has 0 amide bonds. The highest BCUT2D eigenvalue weighted by molar-refractivity contribution is 5.27. The third-order valence-corrected chi connectivity index (χ3v) is 8.54. The van der Waals surface area contributed by atoms with Gasteiger partial charge in [0.05, 0.1) is 17.8 Å². The van der Waals surface area contributed by atoms with Crippen LogP contribution in [0.2, 0.25) is 0 Å². The zero-order valence-corrected chi connectivity index (χ0v) is 18.2. The first-order valence-corrected chi connectivity index (χ1v) is 11.0. The second-order valence-electron chi connectivity index (χ2n) is 11.3. The second-order valence-corrected chi connectivity index (χ2v) is 11.3. The van der Waals surface area contributed by atoms with Crippen molar-refractivity contribution in [1.82, 2.24) is 0 Å². The van der Waals surface area contributed by atoms with Crippen LogP contribution in [-0.4, -0.2) is 33.6 Å². The maximum Gasteiger partial charge on any atom is 0.110 e. The number of hydrogen-bond donors (Lipinski definition) is 2. The van der Waals surface area contributed by atoms with E-state index in [2.05, 4.69) is 52.5 Å². The second kappa shape index (κ2) is 6.30. The van der Waals surface area contributed by atoms with Crippen molar-refractivity contribution >= 4 is 0 Å². The van der Waals surface area contributed by atoms with Gasteiger partial charge in [0.15, 0.2) is 0 Å². The predicted molar refractivity (Wildman–Crippen MR) is 113 cm³/mol. The number of hydrogen-bond acceptors (Lipinski definition) is 3. The summed E-state index contributed by atoms with van der Waals surface area (Å²) in [6, 6.07) is 0. The summed E-state index contributed by atoms with van der Waals surface area (Å²) in [5, 5.41) is 22.7. The number of rotatable bonds is 4. The Kier molecular flexibility index (Phi) is 4.58. The van der Waals surface area contributed by atoms with Gasteiger partial charge in [-0.1, -0.05) is 63.6 Å². The number of epoxide rings is 1. The third kappa shape index (κ3) is 3.14. The highest BCUT2D eigenvalue weighted by Crippen LogP contribution is 2.61. The number of aliphatic hydroxyl groups excluding tert-OH is 1. The summed E-state index contributed by atoms with van der Waals surface area (Å²) in [6.45, 7) is 15.3. The molecule has 0 radical (unpaired) electrons. The van der Waals surface area contributed by atoms with Crippen LogP contribution in [0.25, 0.3) is 0 Å². The molecule has 0 aromatic heterocycles. The van der Waals surface area contributed by atoms with Gasteiger partial charge in [0.2, 0.25) is 0 Å². The van der Waals surface area contributed by atoms with E-state index in [1.54, 1.807) is 0 Å². The molecule has 1 unspecified atom stereocenters. The first-order chi connectivity index (χ1) is 12.9. The predicted octanol–water partition coefficient (Wildman–Crippen LogP) is 4.80. The summed E-state index contributed by atoms with van der Waals surface area (Å²) in [4.78, 5) is 0. The molecule has 4 rings (SSSR count). The monoisotopic (exact) mass is 386 g/mol. The van der Waals surface area contributed by atoms with Crippen molar-refractivity contribution in [3.05, 3.63) is 36.5 Å². The van der Waals surface area contributed by atoms with Crippen LogP contribution in [0.1, 0.15) is 66.7 Å². The van der Waals surface area contributed by atoms with Gasteiger partial charge in [-0.3, -0.25) is 0 Å². The average Bonchev–Trinajstić information content (AvgIpc) is 3.22. The number of fused-ring (bicyclic) bond motifs is 2. The summed E-state index contributed by atoms with van der Waals surface area (Å²) in [6.07, 6.45) is 13.1. The number of ether oxygens (including phenoxy) is 1. The van der Waals surface area contributed by atoms with Crippen molar-refractivity contribution in [3.8, 4) is 0 Å². The highest BCUT2D eigenvalue weighted by atomic mass is 16.6. The molecule has 1 aliphatic heterocycles. The van der Waals surface area contributed by atoms with Crippen molar-refractivity contribution < 1.29 is 14.9 Å². The fourth-order valence-corrected chi connectivity index (χ4v) is 7.01. The molecule has 0 bridgehead atoms. The fourth-order valence-electron chi connectivity index (χ4n) is 7.01. The summed E-state index contributed by atoms with van der Waals surface area (Å²) in [7, 11) is 0. The maximum atomic E-state index is 11.4. The minimum Gasteiger partial charge on any atom is -0.392 e. The molecule has 1 saturated heterocycles. The molecule has 2 N–H and O–H groups in total. The molecule has 0 aromatic rings. The SMILES string of the molecule is C=C(CC(O)[C@@H]1[C@@]2(C)CCCC(C)(C)[C@@H]2C=C[C@@]1(C)O)[C@@H]1C=C[C@@]2(C)O[C@H]2C1. The summed E-state index contributed by atoms with van der Waals surface area (Å²) >= 11 is 0. The average molecular weight is 387 g/mol. The minimum absolute atomic E-state index is 0.0678. The van der Waals surface area contributed by atoms with E-state index >= 15 is 0 Å². The van der Waals surface area contributed by atoms with Gasteiger partial charge < -0.3 is 14.9 Å². The van der Waals surface area contributed by atoms with Crippen molar-refractivity contribution in [1.29, 1.82) is 0 Å². The zero-order chi connectivity index (χ0) is 20.5. The van der Waals surface area contributed by atoms with Gasteiger partial charge in [0.1, 0.15) is 5.60 Å². The lowest BCUT2D eigenvalue weighted by Gasteiger charge is -2.59. The van der Waals surface area contributed by atoms with Gasteiger partial charge in [-0.25, -0.2) is 0 Å². The summed E-state index contributed by atoms with van der Waals surface area (Å²) < 4.78 is 5.77. The first-order valence-electron chi connectivity index (χ1n) is 11.0. The maximum absolute atomic E-state index is 11.4. The molecule has 3 heteroatoms. The van der Waals surface area contributed by atoms with Gasteiger partial charge >= 0.3 is 0 Å². The lowest BCUT2D eigenvalue weighted by Crippen LogP contribution is -2.59. The quantitative estimate of drug-likeness (QED) is 0.539. The molecule has 0 spiro atoms. The molecule has 1 heterocycles. The Morgan fingerprint density at radius 3 is 2.54 bits per heavy atom. The number of allylic oxidation sites excluding steroid dienone is 2. The van der Waals surface area contributed by atoms with E-state index in [0.717, 1.165) is 24.8 Å². The van der Waals surface area contributed by atoms with Crippen LogP contribution < -0.4 is 0 Å². The van der Waals surface area contributed by atoms with E-state index < -0.39 is 11.7 Å². The first kappa shape index (κ1) is 20.4. The molecule has 3 nitrogen and oxygen atoms in total. The molecule has 1 saturated carbocycles. The molecular weight excluding hydrogens is 348 g/mol. The van der Waals surface area contributed by atoms with Crippen LogP contribution in [-0.2, 0) is 4.74 Å². The zero-order valence-electron chi connectivity index (χ0n) is 18.2. The van der Waals surface area contributed by atoms with E-state index in [0.29, 0.717) is 12.3 Å². The molecule has 0 aromatic carbocycles. The lowest BCUT2D eigenvalue weighted by atomic mass is 9.46. The van der Waals surface area contributed by atoms with Crippen LogP contribution >= 0.6 is 0 Å². The summed E-state index contributed by atoms with van der Waals surface area (Å²) in [5.74, 6) is 0.434. The Balaban J connectivity index is 1.55. The Labute approximate surface area is 170 Å². The fraction of sp³-hybridized carbons (Fsp3) is 0.760. The van der Waals surface area contributed by atoms with Crippen LogP contribution in [0, 0.1) is 28.6 Å². The molecule has 8 atom stereocenters. The Morgan fingerprint density at radius 2 is 1.86 bits per heavy atom. The molecule has 2 fully saturated rings. The van der Waals surface area contributed by atoms with E-state index in [1.165, 1.54) is 6.42 Å². The molecular formula is C25H38O3. The van der Waals surface area contributed by atoms with Gasteiger partial charge in [-0.05, 0) is 56.3 Å². The summed E-state index contributed by atoms with van der Waals surface area (Å²) in [5.41, 5.74) is 0.0669. The van der Waals surface area contributed by atoms with Gasteiger partial charge in [-0.15, -0.1) is 0 Å². The smallest absolute Gasteiger partial charge is 0.110 e. The van der Waals surface area contributed by atoms with Crippen molar-refractivity contribution in [2.75, 3.05) is 0 Å². The standard InChI is InChI=1S/C25H38O3/c1-16(17-8-13-25(6)20(15-17)28-25)14-18(26)21-23(4)11-7-10-22(2,3)19(23)9-12-24(21,5)27/h8-9,12-13,17-21,26-27H,1,7,10-11,14-15H2,2-6H3/t17-,18?,19+,20+,21-,23+,24-,25-/m1/s1. The van der Waals surface area contributed by atoms with Crippen molar-refractivity contribution in [2.45, 2.75) is 90.1 Å². The van der Waals surface area contributed by atoms with Gasteiger partial charge in [-0.2, -0.15) is 0 Å². The molecule has 28 heavy (non-hydrogen) atoms. The largest absolute Gasteiger partial charge is 0.392 e. The van der Waals surface area contributed by atoms with Crippen LogP contribution in [0.5, 0.6) is 0 Å². The van der Waals surface area contributed by atoms with Crippen molar-refractivity contribution in [3.63, 3.8) is 0 Å². The van der Waals surface area contributed by atoms with Crippen LogP contribution in [0.4, 0.5) is 0 Å². The molecule has 4 aliphatic rings. The van der Waals surface area contributed by atoms with E-state index in [-0.39, 0.29) is 34.4 Å². The normalized spacial score (nSPS) is 49.8. The van der Waals surface area contributed by atoms with E-state index in [4.69, 9.17) is 4.74 Å². The Bertz CT molecular complexity index is 717. The Morgan fingerprint density at radius 1 is 1.14 bits per heavy atom. The molecule has 3 aliphatic carbocycles.